The molecule has 148 valence electrons. The lowest BCUT2D eigenvalue weighted by Crippen LogP contribution is -2.23. The molecule has 0 aliphatic rings. The lowest BCUT2D eigenvalue weighted by atomic mass is 10.1. The van der Waals surface area contributed by atoms with E-state index in [9.17, 15) is 22.4 Å². The van der Waals surface area contributed by atoms with E-state index in [0.717, 1.165) is 17.7 Å². The smallest absolute Gasteiger partial charge is 0.361 e. The molecule has 1 N–H and O–H groups in total. The first-order valence-electron chi connectivity index (χ1n) is 8.22. The predicted octanol–water partition coefficient (Wildman–Crippen LogP) is 3.62. The molecule has 0 radical (unpaired) electrons. The van der Waals surface area contributed by atoms with Crippen molar-refractivity contribution in [2.45, 2.75) is 33.1 Å². The van der Waals surface area contributed by atoms with E-state index in [4.69, 9.17) is 4.52 Å². The van der Waals surface area contributed by atoms with Crippen LogP contribution >= 0.6 is 0 Å². The van der Waals surface area contributed by atoms with Crippen LogP contribution in [0.2, 0.25) is 0 Å². The van der Waals surface area contributed by atoms with E-state index in [0.29, 0.717) is 11.5 Å². The molecule has 0 bridgehead atoms. The summed E-state index contributed by atoms with van der Waals surface area (Å²) in [7, 11) is 0. The SMILES string of the molecule is Cc1noc(C)c1CNC(=O)c1cn(Cc2ccc(F)c(C(F)(F)F)c2)cn1. The number of rotatable bonds is 5. The van der Waals surface area contributed by atoms with Crippen LogP contribution in [-0.4, -0.2) is 20.6 Å². The zero-order valence-corrected chi connectivity index (χ0v) is 15.0. The van der Waals surface area contributed by atoms with Gasteiger partial charge in [-0.15, -0.1) is 0 Å². The van der Waals surface area contributed by atoms with Crippen LogP contribution in [0.25, 0.3) is 0 Å². The number of nitrogens with zero attached hydrogens (tertiary/aromatic N) is 3. The van der Waals surface area contributed by atoms with Crippen LogP contribution in [0.4, 0.5) is 17.6 Å². The van der Waals surface area contributed by atoms with E-state index < -0.39 is 23.5 Å². The third-order valence-corrected chi connectivity index (χ3v) is 4.17. The highest BCUT2D eigenvalue weighted by Gasteiger charge is 2.34. The zero-order chi connectivity index (χ0) is 20.5. The number of nitrogens with one attached hydrogen (secondary N) is 1. The Kier molecular flexibility index (Phi) is 5.21. The highest BCUT2D eigenvalue weighted by Crippen LogP contribution is 2.32. The monoisotopic (exact) mass is 396 g/mol. The first-order chi connectivity index (χ1) is 13.1. The molecule has 3 rings (SSSR count). The molecule has 0 aliphatic heterocycles. The maximum absolute atomic E-state index is 13.4. The van der Waals surface area contributed by atoms with Gasteiger partial charge in [-0.05, 0) is 31.5 Å². The van der Waals surface area contributed by atoms with Crippen molar-refractivity contribution in [3.05, 3.63) is 70.4 Å². The molecule has 0 saturated heterocycles. The van der Waals surface area contributed by atoms with Crippen molar-refractivity contribution in [1.29, 1.82) is 0 Å². The lowest BCUT2D eigenvalue weighted by Gasteiger charge is -2.10. The topological polar surface area (TPSA) is 73.0 Å². The van der Waals surface area contributed by atoms with Gasteiger partial charge in [0.2, 0.25) is 0 Å². The molecule has 0 unspecified atom stereocenters. The third kappa shape index (κ3) is 4.21. The average molecular weight is 396 g/mol. The maximum atomic E-state index is 13.4. The normalized spacial score (nSPS) is 11.6. The molecule has 0 spiro atoms. The van der Waals surface area contributed by atoms with Gasteiger partial charge in [-0.2, -0.15) is 13.2 Å². The summed E-state index contributed by atoms with van der Waals surface area (Å²) in [6.07, 6.45) is -2.06. The minimum absolute atomic E-state index is 0.00745. The molecule has 0 atom stereocenters. The second kappa shape index (κ2) is 7.45. The van der Waals surface area contributed by atoms with Gasteiger partial charge in [-0.3, -0.25) is 4.79 Å². The van der Waals surface area contributed by atoms with E-state index in [-0.39, 0.29) is 24.3 Å². The molecule has 1 amide bonds. The van der Waals surface area contributed by atoms with Crippen molar-refractivity contribution in [3.63, 3.8) is 0 Å². The highest BCUT2D eigenvalue weighted by atomic mass is 19.4. The number of aromatic nitrogens is 3. The summed E-state index contributed by atoms with van der Waals surface area (Å²) in [4.78, 5) is 16.2. The number of alkyl halides is 3. The second-order valence-corrected chi connectivity index (χ2v) is 6.23. The molecular formula is C18H16F4N4O2. The largest absolute Gasteiger partial charge is 0.419 e. The van der Waals surface area contributed by atoms with Gasteiger partial charge in [-0.25, -0.2) is 9.37 Å². The molecule has 0 aliphatic carbocycles. The quantitative estimate of drug-likeness (QED) is 0.669. The predicted molar refractivity (Wildman–Crippen MR) is 89.9 cm³/mol. The zero-order valence-electron chi connectivity index (χ0n) is 15.0. The Morgan fingerprint density at radius 1 is 1.29 bits per heavy atom. The van der Waals surface area contributed by atoms with Gasteiger partial charge >= 0.3 is 6.18 Å². The van der Waals surface area contributed by atoms with Crippen LogP contribution in [0.3, 0.4) is 0 Å². The molecule has 10 heteroatoms. The Balaban J connectivity index is 1.68. The Morgan fingerprint density at radius 3 is 2.68 bits per heavy atom. The number of carbonyl (C=O) groups excluding carboxylic acids is 1. The number of halogens is 4. The number of imidazole rings is 1. The number of hydrogen-bond donors (Lipinski definition) is 1. The summed E-state index contributed by atoms with van der Waals surface area (Å²) in [5.74, 6) is -1.18. The summed E-state index contributed by atoms with van der Waals surface area (Å²) in [6, 6.07) is 2.76. The van der Waals surface area contributed by atoms with E-state index in [1.54, 1.807) is 13.8 Å². The fourth-order valence-corrected chi connectivity index (χ4v) is 2.68. The Labute approximate surface area is 157 Å². The third-order valence-electron chi connectivity index (χ3n) is 4.17. The molecule has 2 heterocycles. The number of carbonyl (C=O) groups is 1. The van der Waals surface area contributed by atoms with Crippen molar-refractivity contribution >= 4 is 5.91 Å². The van der Waals surface area contributed by atoms with Crippen LogP contribution in [0.5, 0.6) is 0 Å². The van der Waals surface area contributed by atoms with Gasteiger partial charge in [0.1, 0.15) is 17.3 Å². The summed E-state index contributed by atoms with van der Waals surface area (Å²) in [5.41, 5.74) is 0.431. The standard InChI is InChI=1S/C18H16F4N4O2/c1-10-13(11(2)28-25-10)6-23-17(27)16-8-26(9-24-16)7-12-3-4-15(19)14(5-12)18(20,21)22/h3-5,8-9H,6-7H2,1-2H3,(H,23,27). The fraction of sp³-hybridized carbons (Fsp3) is 0.278. The average Bonchev–Trinajstić information content (AvgIpc) is 3.21. The Morgan fingerprint density at radius 2 is 2.04 bits per heavy atom. The number of aryl methyl sites for hydroxylation is 2. The van der Waals surface area contributed by atoms with Crippen LogP contribution in [0, 0.1) is 19.7 Å². The molecule has 1 aromatic carbocycles. The van der Waals surface area contributed by atoms with E-state index in [2.05, 4.69) is 15.5 Å². The molecule has 0 fully saturated rings. The summed E-state index contributed by atoms with van der Waals surface area (Å²) in [6.45, 7) is 3.70. The number of amides is 1. The van der Waals surface area contributed by atoms with Crippen molar-refractivity contribution in [3.8, 4) is 0 Å². The van der Waals surface area contributed by atoms with Gasteiger partial charge in [0.25, 0.3) is 5.91 Å². The molecule has 6 nitrogen and oxygen atoms in total. The maximum Gasteiger partial charge on any atom is 0.419 e. The van der Waals surface area contributed by atoms with Gasteiger partial charge in [0.15, 0.2) is 0 Å². The van der Waals surface area contributed by atoms with E-state index in [1.807, 2.05) is 0 Å². The first kappa shape index (κ1) is 19.6. The van der Waals surface area contributed by atoms with Gasteiger partial charge < -0.3 is 14.4 Å². The number of benzene rings is 1. The number of hydrogen-bond acceptors (Lipinski definition) is 4. The fourth-order valence-electron chi connectivity index (χ4n) is 2.68. The minimum Gasteiger partial charge on any atom is -0.361 e. The highest BCUT2D eigenvalue weighted by molar-refractivity contribution is 5.92. The van der Waals surface area contributed by atoms with Gasteiger partial charge in [0.05, 0.1) is 17.6 Å². The van der Waals surface area contributed by atoms with Crippen LogP contribution in [-0.2, 0) is 19.3 Å². The molecule has 2 aromatic heterocycles. The van der Waals surface area contributed by atoms with Crippen molar-refractivity contribution in [2.75, 3.05) is 0 Å². The second-order valence-electron chi connectivity index (χ2n) is 6.23. The first-order valence-corrected chi connectivity index (χ1v) is 8.22. The van der Waals surface area contributed by atoms with Crippen LogP contribution < -0.4 is 5.32 Å². The van der Waals surface area contributed by atoms with E-state index >= 15 is 0 Å². The van der Waals surface area contributed by atoms with Crippen molar-refractivity contribution < 1.29 is 26.9 Å². The summed E-state index contributed by atoms with van der Waals surface area (Å²) < 4.78 is 58.3. The summed E-state index contributed by atoms with van der Waals surface area (Å²) in [5, 5.41) is 6.48. The Bertz CT molecular complexity index is 988. The Hall–Kier alpha value is -3.17. The molecule has 28 heavy (non-hydrogen) atoms. The molecular weight excluding hydrogens is 380 g/mol. The molecule has 3 aromatic rings. The lowest BCUT2D eigenvalue weighted by molar-refractivity contribution is -0.140. The molecule has 0 saturated carbocycles. The van der Waals surface area contributed by atoms with Crippen LogP contribution in [0.1, 0.15) is 38.6 Å². The van der Waals surface area contributed by atoms with Crippen LogP contribution in [0.15, 0.2) is 35.2 Å². The minimum atomic E-state index is -4.78. The van der Waals surface area contributed by atoms with Crippen molar-refractivity contribution in [1.82, 2.24) is 20.0 Å². The van der Waals surface area contributed by atoms with E-state index in [1.165, 1.54) is 23.2 Å². The van der Waals surface area contributed by atoms with Crippen molar-refractivity contribution in [2.24, 2.45) is 0 Å². The van der Waals surface area contributed by atoms with Gasteiger partial charge in [0, 0.05) is 24.8 Å². The summed E-state index contributed by atoms with van der Waals surface area (Å²) >= 11 is 0. The van der Waals surface area contributed by atoms with Gasteiger partial charge in [-0.1, -0.05) is 11.2 Å².